The maximum Gasteiger partial charge on any atom is 0.248 e. The van der Waals surface area contributed by atoms with E-state index in [0.29, 0.717) is 0 Å². The molecule has 1 N–H and O–H groups in total. The van der Waals surface area contributed by atoms with Gasteiger partial charge in [0.25, 0.3) is 0 Å². The molecule has 0 radical (unpaired) electrons. The van der Waals surface area contributed by atoms with Gasteiger partial charge in [0.1, 0.15) is 0 Å². The monoisotopic (exact) mass is 347 g/mol. The lowest BCUT2D eigenvalue weighted by Crippen LogP contribution is -2.07. The molecule has 1 heterocycles. The Balaban J connectivity index is 2.11. The van der Waals surface area contributed by atoms with Gasteiger partial charge in [-0.2, -0.15) is 5.10 Å². The van der Waals surface area contributed by atoms with Crippen molar-refractivity contribution in [3.8, 4) is 0 Å². The summed E-state index contributed by atoms with van der Waals surface area (Å²) in [6.07, 6.45) is 3.34. The van der Waals surface area contributed by atoms with E-state index in [2.05, 4.69) is 26.3 Å². The lowest BCUT2D eigenvalue weighted by Gasteiger charge is -2.04. The van der Waals surface area contributed by atoms with E-state index in [-0.39, 0.29) is 5.91 Å². The van der Waals surface area contributed by atoms with E-state index in [9.17, 15) is 4.79 Å². The van der Waals surface area contributed by atoms with Crippen LogP contribution in [0.5, 0.6) is 0 Å². The number of amides is 1. The smallest absolute Gasteiger partial charge is 0.248 e. The van der Waals surface area contributed by atoms with Crippen LogP contribution in [0.2, 0.25) is 0 Å². The minimum Gasteiger partial charge on any atom is -0.323 e. The first-order valence-electron chi connectivity index (χ1n) is 6.64. The number of nitrogens with zero attached hydrogens (tertiary/aromatic N) is 2. The lowest BCUT2D eigenvalue weighted by atomic mass is 10.2. The summed E-state index contributed by atoms with van der Waals surface area (Å²) in [5.41, 5.74) is 4.80. The third-order valence-electron chi connectivity index (χ3n) is 3.39. The molecule has 0 unspecified atom stereocenters. The van der Waals surface area contributed by atoms with Crippen LogP contribution in [-0.4, -0.2) is 15.7 Å². The second kappa shape index (κ2) is 6.26. The van der Waals surface area contributed by atoms with Crippen molar-refractivity contribution in [3.05, 3.63) is 51.3 Å². The molecule has 0 fully saturated rings. The minimum atomic E-state index is -0.153. The van der Waals surface area contributed by atoms with E-state index in [1.807, 2.05) is 50.7 Å². The molecule has 0 spiro atoms. The Bertz CT molecular complexity index is 717. The van der Waals surface area contributed by atoms with Crippen LogP contribution in [0.3, 0.4) is 0 Å². The Labute approximate surface area is 133 Å². The predicted octanol–water partition coefficient (Wildman–Crippen LogP) is 3.76. The third-order valence-corrected chi connectivity index (χ3v) is 4.28. The highest BCUT2D eigenvalue weighted by Crippen LogP contribution is 2.20. The summed E-state index contributed by atoms with van der Waals surface area (Å²) in [4.78, 5) is 12.0. The van der Waals surface area contributed by atoms with Crippen LogP contribution >= 0.6 is 15.9 Å². The average molecular weight is 348 g/mol. The molecule has 0 bridgehead atoms. The number of rotatable bonds is 3. The molecule has 5 heteroatoms. The second-order valence-electron chi connectivity index (χ2n) is 4.99. The number of anilines is 1. The van der Waals surface area contributed by atoms with Gasteiger partial charge >= 0.3 is 0 Å². The molecule has 4 nitrogen and oxygen atoms in total. The van der Waals surface area contributed by atoms with Gasteiger partial charge in [-0.15, -0.1) is 0 Å². The topological polar surface area (TPSA) is 46.9 Å². The highest BCUT2D eigenvalue weighted by molar-refractivity contribution is 9.10. The van der Waals surface area contributed by atoms with Gasteiger partial charge in [0.2, 0.25) is 5.91 Å². The van der Waals surface area contributed by atoms with Crippen molar-refractivity contribution in [1.82, 2.24) is 9.78 Å². The van der Waals surface area contributed by atoms with Gasteiger partial charge in [-0.25, -0.2) is 0 Å². The fourth-order valence-corrected chi connectivity index (χ4v) is 2.34. The Morgan fingerprint density at radius 3 is 2.62 bits per heavy atom. The first-order chi connectivity index (χ1) is 9.88. The van der Waals surface area contributed by atoms with E-state index in [1.165, 1.54) is 6.08 Å². The number of halogens is 1. The van der Waals surface area contributed by atoms with E-state index in [4.69, 9.17) is 0 Å². The Kier molecular flexibility index (Phi) is 4.63. The molecule has 2 aromatic rings. The summed E-state index contributed by atoms with van der Waals surface area (Å²) >= 11 is 3.44. The summed E-state index contributed by atoms with van der Waals surface area (Å²) in [6.45, 7) is 5.90. The molecule has 0 saturated carbocycles. The molecule has 0 aliphatic rings. The zero-order valence-electron chi connectivity index (χ0n) is 12.6. The summed E-state index contributed by atoms with van der Waals surface area (Å²) in [6, 6.07) is 5.71. The van der Waals surface area contributed by atoms with E-state index in [0.717, 1.165) is 32.7 Å². The van der Waals surface area contributed by atoms with Gasteiger partial charge in [0, 0.05) is 34.5 Å². The van der Waals surface area contributed by atoms with Crippen molar-refractivity contribution in [2.45, 2.75) is 20.8 Å². The number of benzene rings is 1. The van der Waals surface area contributed by atoms with E-state index in [1.54, 1.807) is 6.08 Å². The van der Waals surface area contributed by atoms with Gasteiger partial charge in [0.15, 0.2) is 0 Å². The Morgan fingerprint density at radius 2 is 2.05 bits per heavy atom. The van der Waals surface area contributed by atoms with Gasteiger partial charge in [-0.1, -0.05) is 15.9 Å². The number of nitrogens with one attached hydrogen (secondary N) is 1. The molecule has 0 saturated heterocycles. The Morgan fingerprint density at radius 1 is 1.33 bits per heavy atom. The highest BCUT2D eigenvalue weighted by atomic mass is 79.9. The van der Waals surface area contributed by atoms with Crippen molar-refractivity contribution in [3.63, 3.8) is 0 Å². The lowest BCUT2D eigenvalue weighted by molar-refractivity contribution is -0.111. The molecule has 1 aromatic heterocycles. The maximum absolute atomic E-state index is 12.0. The van der Waals surface area contributed by atoms with Crippen LogP contribution in [0.4, 0.5) is 5.69 Å². The number of aromatic nitrogens is 2. The molecule has 21 heavy (non-hydrogen) atoms. The van der Waals surface area contributed by atoms with Crippen molar-refractivity contribution in [2.75, 3.05) is 5.32 Å². The maximum atomic E-state index is 12.0. The van der Waals surface area contributed by atoms with Crippen LogP contribution in [0, 0.1) is 20.8 Å². The number of carbonyl (C=O) groups excluding carboxylic acids is 1. The zero-order chi connectivity index (χ0) is 15.6. The first kappa shape index (κ1) is 15.5. The molecule has 2 rings (SSSR count). The Hall–Kier alpha value is -1.88. The second-order valence-corrected chi connectivity index (χ2v) is 5.85. The quantitative estimate of drug-likeness (QED) is 0.859. The molecular formula is C16H18BrN3O. The highest BCUT2D eigenvalue weighted by Gasteiger charge is 2.06. The molecule has 110 valence electrons. The standard InChI is InChI=1S/C16H18BrN3O/c1-10-9-13(5-7-15(10)17)18-16(21)8-6-14-11(2)19-20(4)12(14)3/h5-9H,1-4H3,(H,18,21)/b8-6+. The number of hydrogen-bond acceptors (Lipinski definition) is 2. The largest absolute Gasteiger partial charge is 0.323 e. The third kappa shape index (κ3) is 3.61. The fraction of sp³-hybridized carbons (Fsp3) is 0.250. The number of carbonyl (C=O) groups is 1. The molecule has 1 aromatic carbocycles. The first-order valence-corrected chi connectivity index (χ1v) is 7.43. The van der Waals surface area contributed by atoms with Crippen LogP contribution in [-0.2, 0) is 11.8 Å². The minimum absolute atomic E-state index is 0.153. The zero-order valence-corrected chi connectivity index (χ0v) is 14.2. The van der Waals surface area contributed by atoms with Crippen molar-refractivity contribution in [1.29, 1.82) is 0 Å². The summed E-state index contributed by atoms with van der Waals surface area (Å²) in [5, 5.41) is 7.17. The van der Waals surface area contributed by atoms with Gasteiger partial charge in [-0.3, -0.25) is 9.48 Å². The summed E-state index contributed by atoms with van der Waals surface area (Å²) < 4.78 is 2.84. The van der Waals surface area contributed by atoms with Crippen molar-refractivity contribution < 1.29 is 4.79 Å². The molecule has 0 aliphatic heterocycles. The number of aryl methyl sites for hydroxylation is 3. The van der Waals surface area contributed by atoms with Gasteiger partial charge in [0.05, 0.1) is 5.69 Å². The molecule has 0 atom stereocenters. The number of hydrogen-bond donors (Lipinski definition) is 1. The SMILES string of the molecule is Cc1cc(NC(=O)/C=C/c2c(C)nn(C)c2C)ccc1Br. The van der Waals surface area contributed by atoms with E-state index < -0.39 is 0 Å². The predicted molar refractivity (Wildman–Crippen MR) is 89.2 cm³/mol. The van der Waals surface area contributed by atoms with Gasteiger partial charge in [-0.05, 0) is 50.6 Å². The average Bonchev–Trinajstić information content (AvgIpc) is 2.66. The van der Waals surface area contributed by atoms with E-state index >= 15 is 0 Å². The molecule has 0 aliphatic carbocycles. The summed E-state index contributed by atoms with van der Waals surface area (Å²) in [7, 11) is 1.89. The van der Waals surface area contributed by atoms with Crippen LogP contribution in [0.1, 0.15) is 22.5 Å². The molecular weight excluding hydrogens is 330 g/mol. The molecule has 1 amide bonds. The normalized spacial score (nSPS) is 11.1. The van der Waals surface area contributed by atoms with Crippen LogP contribution in [0.15, 0.2) is 28.7 Å². The van der Waals surface area contributed by atoms with Gasteiger partial charge < -0.3 is 5.32 Å². The van der Waals surface area contributed by atoms with Crippen LogP contribution < -0.4 is 5.32 Å². The van der Waals surface area contributed by atoms with Crippen LogP contribution in [0.25, 0.3) is 6.08 Å². The van der Waals surface area contributed by atoms with Crippen molar-refractivity contribution in [2.24, 2.45) is 7.05 Å². The fourth-order valence-electron chi connectivity index (χ4n) is 2.10. The van der Waals surface area contributed by atoms with Crippen molar-refractivity contribution >= 4 is 33.6 Å². The summed E-state index contributed by atoms with van der Waals surface area (Å²) in [5.74, 6) is -0.153.